The van der Waals surface area contributed by atoms with E-state index in [-0.39, 0.29) is 11.9 Å². The number of rotatable bonds is 5. The lowest BCUT2D eigenvalue weighted by atomic mass is 10.1. The van der Waals surface area contributed by atoms with E-state index < -0.39 is 0 Å². The van der Waals surface area contributed by atoms with Crippen LogP contribution in [-0.2, 0) is 0 Å². The van der Waals surface area contributed by atoms with Crippen molar-refractivity contribution in [2.75, 3.05) is 12.3 Å². The molecule has 0 bridgehead atoms. The molecule has 24 heavy (non-hydrogen) atoms. The summed E-state index contributed by atoms with van der Waals surface area (Å²) in [4.78, 5) is 20.6. The van der Waals surface area contributed by atoms with Crippen molar-refractivity contribution < 1.29 is 9.32 Å². The molecule has 126 valence electrons. The first-order valence-corrected chi connectivity index (χ1v) is 9.62. The molecule has 1 unspecified atom stereocenters. The summed E-state index contributed by atoms with van der Waals surface area (Å²) in [6, 6.07) is 7.76. The van der Waals surface area contributed by atoms with Crippen LogP contribution < -0.4 is 0 Å². The van der Waals surface area contributed by atoms with Gasteiger partial charge in [0.15, 0.2) is 5.82 Å². The third kappa shape index (κ3) is 2.95. The van der Waals surface area contributed by atoms with Crippen molar-refractivity contribution in [3.63, 3.8) is 0 Å². The standard InChI is InChI=1S/C18H21N3O2S/c1-2-24-15-8-4-3-6-13(15)18(22)21-11-5-7-14(21)17-19-16(20-23-17)12-9-10-12/h3-4,6,8,12,14H,2,5,7,9-11H2,1H3. The Hall–Kier alpha value is -1.82. The van der Waals surface area contributed by atoms with Crippen LogP contribution in [0.2, 0.25) is 0 Å². The van der Waals surface area contributed by atoms with Crippen LogP contribution in [0.4, 0.5) is 0 Å². The normalized spacial score (nSPS) is 20.5. The zero-order valence-electron chi connectivity index (χ0n) is 13.8. The maximum Gasteiger partial charge on any atom is 0.255 e. The zero-order valence-corrected chi connectivity index (χ0v) is 14.6. The molecule has 2 heterocycles. The summed E-state index contributed by atoms with van der Waals surface area (Å²) in [6.45, 7) is 2.85. The van der Waals surface area contributed by atoms with Gasteiger partial charge in [0, 0.05) is 17.4 Å². The van der Waals surface area contributed by atoms with Crippen LogP contribution in [0.25, 0.3) is 0 Å². The summed E-state index contributed by atoms with van der Waals surface area (Å²) in [7, 11) is 0. The Morgan fingerprint density at radius 1 is 1.33 bits per heavy atom. The van der Waals surface area contributed by atoms with Gasteiger partial charge in [0.1, 0.15) is 6.04 Å². The lowest BCUT2D eigenvalue weighted by Crippen LogP contribution is -2.31. The zero-order chi connectivity index (χ0) is 16.5. The van der Waals surface area contributed by atoms with E-state index in [9.17, 15) is 4.79 Å². The largest absolute Gasteiger partial charge is 0.337 e. The lowest BCUT2D eigenvalue weighted by Gasteiger charge is -2.23. The second-order valence-electron chi connectivity index (χ2n) is 6.35. The smallest absolute Gasteiger partial charge is 0.255 e. The van der Waals surface area contributed by atoms with E-state index in [2.05, 4.69) is 17.1 Å². The average Bonchev–Trinajstić information content (AvgIpc) is 3.14. The van der Waals surface area contributed by atoms with Crippen LogP contribution in [0.1, 0.15) is 66.6 Å². The number of amides is 1. The number of hydrogen-bond donors (Lipinski definition) is 0. The second-order valence-corrected chi connectivity index (χ2v) is 7.66. The fraction of sp³-hybridized carbons (Fsp3) is 0.500. The SMILES string of the molecule is CCSc1ccccc1C(=O)N1CCCC1c1nc(C2CC2)no1. The molecular weight excluding hydrogens is 322 g/mol. The third-order valence-electron chi connectivity index (χ3n) is 4.62. The van der Waals surface area contributed by atoms with Crippen LogP contribution in [0.5, 0.6) is 0 Å². The Kier molecular flexibility index (Phi) is 4.31. The number of nitrogens with zero attached hydrogens (tertiary/aromatic N) is 3. The average molecular weight is 343 g/mol. The second kappa shape index (κ2) is 6.59. The molecule has 6 heteroatoms. The monoisotopic (exact) mass is 343 g/mol. The minimum atomic E-state index is -0.0859. The highest BCUT2D eigenvalue weighted by Crippen LogP contribution is 2.40. The fourth-order valence-electron chi connectivity index (χ4n) is 3.24. The molecule has 2 aromatic rings. The summed E-state index contributed by atoms with van der Waals surface area (Å²) in [6.07, 6.45) is 4.16. The van der Waals surface area contributed by atoms with Gasteiger partial charge in [-0.2, -0.15) is 4.98 Å². The maximum atomic E-state index is 13.1. The van der Waals surface area contributed by atoms with Gasteiger partial charge in [0.05, 0.1) is 5.56 Å². The predicted octanol–water partition coefficient (Wildman–Crippen LogP) is 4.04. The molecule has 0 N–H and O–H groups in total. The van der Waals surface area contributed by atoms with Gasteiger partial charge in [-0.1, -0.05) is 24.2 Å². The Morgan fingerprint density at radius 2 is 2.17 bits per heavy atom. The van der Waals surface area contributed by atoms with Gasteiger partial charge in [-0.15, -0.1) is 11.8 Å². The molecule has 0 radical (unpaired) electrons. The van der Waals surface area contributed by atoms with Crippen molar-refractivity contribution in [3.05, 3.63) is 41.5 Å². The third-order valence-corrected chi connectivity index (χ3v) is 5.57. The maximum absolute atomic E-state index is 13.1. The van der Waals surface area contributed by atoms with E-state index in [4.69, 9.17) is 4.52 Å². The molecule has 0 spiro atoms. The first-order valence-electron chi connectivity index (χ1n) is 8.64. The van der Waals surface area contributed by atoms with Crippen molar-refractivity contribution in [2.24, 2.45) is 0 Å². The quantitative estimate of drug-likeness (QED) is 0.767. The lowest BCUT2D eigenvalue weighted by molar-refractivity contribution is 0.0706. The Bertz CT molecular complexity index is 741. The molecule has 1 atom stereocenters. The fourth-order valence-corrected chi connectivity index (χ4v) is 4.03. The molecule has 5 nitrogen and oxygen atoms in total. The van der Waals surface area contributed by atoms with E-state index in [1.54, 1.807) is 11.8 Å². The van der Waals surface area contributed by atoms with Crippen molar-refractivity contribution in [1.82, 2.24) is 15.0 Å². The van der Waals surface area contributed by atoms with E-state index in [0.29, 0.717) is 11.8 Å². The molecule has 1 aromatic heterocycles. The summed E-state index contributed by atoms with van der Waals surface area (Å²) >= 11 is 1.70. The van der Waals surface area contributed by atoms with E-state index in [1.165, 1.54) is 0 Å². The number of likely N-dealkylation sites (tertiary alicyclic amines) is 1. The van der Waals surface area contributed by atoms with Crippen LogP contribution in [0, 0.1) is 0 Å². The van der Waals surface area contributed by atoms with E-state index >= 15 is 0 Å². The van der Waals surface area contributed by atoms with Gasteiger partial charge >= 0.3 is 0 Å². The van der Waals surface area contributed by atoms with Crippen LogP contribution in [0.15, 0.2) is 33.7 Å². The summed E-state index contributed by atoms with van der Waals surface area (Å²) < 4.78 is 5.48. The highest BCUT2D eigenvalue weighted by Gasteiger charge is 2.37. The highest BCUT2D eigenvalue weighted by atomic mass is 32.2. The molecule has 1 aromatic carbocycles. The Balaban J connectivity index is 1.58. The minimum Gasteiger partial charge on any atom is -0.337 e. The van der Waals surface area contributed by atoms with Crippen molar-refractivity contribution in [3.8, 4) is 0 Å². The van der Waals surface area contributed by atoms with Crippen molar-refractivity contribution in [1.29, 1.82) is 0 Å². The highest BCUT2D eigenvalue weighted by molar-refractivity contribution is 7.99. The molecule has 2 aliphatic rings. The molecule has 4 rings (SSSR count). The molecular formula is C18H21N3O2S. The Morgan fingerprint density at radius 3 is 2.96 bits per heavy atom. The van der Waals surface area contributed by atoms with Gasteiger partial charge in [-0.05, 0) is 43.6 Å². The number of aromatic nitrogens is 2. The number of hydrogen-bond acceptors (Lipinski definition) is 5. The number of carbonyl (C=O) groups excluding carboxylic acids is 1. The molecule has 1 saturated heterocycles. The van der Waals surface area contributed by atoms with Crippen molar-refractivity contribution in [2.45, 2.75) is 49.5 Å². The van der Waals surface area contributed by atoms with Gasteiger partial charge in [-0.3, -0.25) is 4.79 Å². The molecule has 2 fully saturated rings. The van der Waals surface area contributed by atoms with Gasteiger partial charge < -0.3 is 9.42 Å². The number of thioether (sulfide) groups is 1. The molecule has 1 amide bonds. The molecule has 1 aliphatic carbocycles. The number of carbonyl (C=O) groups is 1. The first kappa shape index (κ1) is 15.7. The van der Waals surface area contributed by atoms with Crippen LogP contribution >= 0.6 is 11.8 Å². The van der Waals surface area contributed by atoms with E-state index in [0.717, 1.165) is 54.3 Å². The van der Waals surface area contributed by atoms with Gasteiger partial charge in [0.25, 0.3) is 5.91 Å². The van der Waals surface area contributed by atoms with Gasteiger partial charge in [0.2, 0.25) is 5.89 Å². The van der Waals surface area contributed by atoms with Gasteiger partial charge in [-0.25, -0.2) is 0 Å². The van der Waals surface area contributed by atoms with Crippen LogP contribution in [-0.4, -0.2) is 33.2 Å². The Labute approximate surface area is 145 Å². The minimum absolute atomic E-state index is 0.0696. The summed E-state index contributed by atoms with van der Waals surface area (Å²) in [5.41, 5.74) is 0.776. The first-order chi connectivity index (χ1) is 11.8. The predicted molar refractivity (Wildman–Crippen MR) is 92.1 cm³/mol. The van der Waals surface area contributed by atoms with Crippen LogP contribution in [0.3, 0.4) is 0 Å². The molecule has 1 saturated carbocycles. The molecule has 1 aliphatic heterocycles. The summed E-state index contributed by atoms with van der Waals surface area (Å²) in [5.74, 6) is 2.90. The summed E-state index contributed by atoms with van der Waals surface area (Å²) in [5, 5.41) is 4.11. The van der Waals surface area contributed by atoms with E-state index in [1.807, 2.05) is 29.2 Å². The topological polar surface area (TPSA) is 59.2 Å². The number of benzene rings is 1. The van der Waals surface area contributed by atoms with Crippen molar-refractivity contribution >= 4 is 17.7 Å².